The summed E-state index contributed by atoms with van der Waals surface area (Å²) >= 11 is 0. The normalized spacial score (nSPS) is 14.9. The molecule has 1 aromatic heterocycles. The number of aliphatic imine (C=N–C) groups is 1. The highest BCUT2D eigenvalue weighted by Gasteiger charge is 2.13. The number of aromatic nitrogens is 2. The molecular weight excluding hydrogens is 416 g/mol. The molecule has 3 aromatic rings. The minimum Gasteiger partial charge on any atom is -0.355 e. The molecule has 1 saturated carbocycles. The maximum atomic E-state index is 4.90. The first-order valence-corrected chi connectivity index (χ1v) is 12.7. The van der Waals surface area contributed by atoms with Crippen molar-refractivity contribution in [3.05, 3.63) is 83.7 Å². The quantitative estimate of drug-likeness (QED) is 0.334. The average molecular weight is 455 g/mol. The van der Waals surface area contributed by atoms with Gasteiger partial charge in [-0.2, -0.15) is 5.10 Å². The largest absolute Gasteiger partial charge is 0.355 e. The number of hydrogen-bond donors (Lipinski definition) is 1. The van der Waals surface area contributed by atoms with Crippen LogP contribution in [0.3, 0.4) is 0 Å². The predicted octanol–water partition coefficient (Wildman–Crippen LogP) is 7.85. The van der Waals surface area contributed by atoms with Gasteiger partial charge >= 0.3 is 0 Å². The molecule has 0 aliphatic heterocycles. The predicted molar refractivity (Wildman–Crippen MR) is 145 cm³/mol. The molecule has 1 fully saturated rings. The van der Waals surface area contributed by atoms with Crippen molar-refractivity contribution in [3.63, 3.8) is 0 Å². The molecule has 1 aliphatic rings. The summed E-state index contributed by atoms with van der Waals surface area (Å²) in [7, 11) is 1.91. The van der Waals surface area contributed by atoms with Crippen LogP contribution in [0, 0.1) is 12.8 Å². The van der Waals surface area contributed by atoms with Gasteiger partial charge in [0.05, 0.1) is 17.6 Å². The summed E-state index contributed by atoms with van der Waals surface area (Å²) in [5.41, 5.74) is 8.90. The van der Waals surface area contributed by atoms with Crippen LogP contribution in [0.5, 0.6) is 0 Å². The SMILES string of the molecule is C=CC(=Nc1cc(Nc2cc(CC)cc(CCC3CCCCC3)c2)ccc1C)c1cnn(C)c1. The minimum absolute atomic E-state index is 0.825. The maximum Gasteiger partial charge on any atom is 0.0735 e. The second-order valence-electron chi connectivity index (χ2n) is 9.66. The lowest BCUT2D eigenvalue weighted by molar-refractivity contribution is 0.339. The molecule has 2 aromatic carbocycles. The number of hydrogen-bond acceptors (Lipinski definition) is 3. The van der Waals surface area contributed by atoms with Gasteiger partial charge in [-0.05, 0) is 79.1 Å². The zero-order valence-corrected chi connectivity index (χ0v) is 21.0. The van der Waals surface area contributed by atoms with Gasteiger partial charge in [-0.25, -0.2) is 4.99 Å². The van der Waals surface area contributed by atoms with Crippen LogP contribution in [0.4, 0.5) is 17.1 Å². The van der Waals surface area contributed by atoms with Crippen LogP contribution in [0.1, 0.15) is 67.7 Å². The zero-order valence-electron chi connectivity index (χ0n) is 21.0. The van der Waals surface area contributed by atoms with Gasteiger partial charge in [0.15, 0.2) is 0 Å². The Bertz CT molecular complexity index is 1150. The van der Waals surface area contributed by atoms with Crippen LogP contribution in [0.25, 0.3) is 0 Å². The molecule has 0 atom stereocenters. The molecule has 0 radical (unpaired) electrons. The van der Waals surface area contributed by atoms with E-state index in [0.29, 0.717) is 0 Å². The van der Waals surface area contributed by atoms with Gasteiger partial charge in [0.25, 0.3) is 0 Å². The van der Waals surface area contributed by atoms with E-state index in [9.17, 15) is 0 Å². The number of benzene rings is 2. The summed E-state index contributed by atoms with van der Waals surface area (Å²) in [4.78, 5) is 4.90. The van der Waals surface area contributed by atoms with Crippen LogP contribution in [-0.2, 0) is 19.9 Å². The van der Waals surface area contributed by atoms with Crippen molar-refractivity contribution in [1.82, 2.24) is 9.78 Å². The molecule has 1 N–H and O–H groups in total. The molecule has 4 rings (SSSR count). The van der Waals surface area contributed by atoms with Gasteiger partial charge in [0.2, 0.25) is 0 Å². The van der Waals surface area contributed by atoms with Gasteiger partial charge in [-0.3, -0.25) is 4.68 Å². The fourth-order valence-electron chi connectivity index (χ4n) is 4.92. The Morgan fingerprint density at radius 3 is 2.62 bits per heavy atom. The van der Waals surface area contributed by atoms with Crippen molar-refractivity contribution in [2.24, 2.45) is 18.0 Å². The van der Waals surface area contributed by atoms with E-state index in [-0.39, 0.29) is 0 Å². The van der Waals surface area contributed by atoms with E-state index in [1.807, 2.05) is 19.4 Å². The van der Waals surface area contributed by atoms with E-state index in [1.165, 1.54) is 56.1 Å². The topological polar surface area (TPSA) is 42.2 Å². The Kier molecular flexibility index (Phi) is 7.99. The maximum absolute atomic E-state index is 4.90. The van der Waals surface area contributed by atoms with E-state index in [1.54, 1.807) is 10.8 Å². The van der Waals surface area contributed by atoms with Crippen molar-refractivity contribution in [2.45, 2.75) is 65.2 Å². The van der Waals surface area contributed by atoms with E-state index >= 15 is 0 Å². The lowest BCUT2D eigenvalue weighted by atomic mass is 9.85. The molecule has 1 aliphatic carbocycles. The highest BCUT2D eigenvalue weighted by atomic mass is 15.2. The Hall–Kier alpha value is -3.14. The van der Waals surface area contributed by atoms with E-state index in [0.717, 1.165) is 46.2 Å². The number of anilines is 2. The third-order valence-electron chi connectivity index (χ3n) is 6.96. The number of aryl methyl sites for hydroxylation is 4. The highest BCUT2D eigenvalue weighted by molar-refractivity contribution is 6.09. The molecule has 1 heterocycles. The van der Waals surface area contributed by atoms with Gasteiger partial charge < -0.3 is 5.32 Å². The number of nitrogens with one attached hydrogen (secondary N) is 1. The molecule has 4 heteroatoms. The average Bonchev–Trinajstić information content (AvgIpc) is 3.29. The fourth-order valence-corrected chi connectivity index (χ4v) is 4.92. The molecule has 0 amide bonds. The number of nitrogens with zero attached hydrogens (tertiary/aromatic N) is 3. The van der Waals surface area contributed by atoms with Gasteiger partial charge in [-0.15, -0.1) is 0 Å². The summed E-state index contributed by atoms with van der Waals surface area (Å²) in [6, 6.07) is 13.4. The Morgan fingerprint density at radius 1 is 1.12 bits per heavy atom. The smallest absolute Gasteiger partial charge is 0.0735 e. The molecule has 0 spiro atoms. The third kappa shape index (κ3) is 6.25. The fraction of sp³-hybridized carbons (Fsp3) is 0.400. The lowest BCUT2D eigenvalue weighted by Crippen LogP contribution is -2.07. The second kappa shape index (κ2) is 11.3. The summed E-state index contributed by atoms with van der Waals surface area (Å²) in [5, 5.41) is 7.92. The summed E-state index contributed by atoms with van der Waals surface area (Å²) < 4.78 is 1.78. The van der Waals surface area contributed by atoms with Crippen LogP contribution >= 0.6 is 0 Å². The minimum atomic E-state index is 0.825. The summed E-state index contributed by atoms with van der Waals surface area (Å²) in [6.45, 7) is 8.28. The van der Waals surface area contributed by atoms with Gasteiger partial charge in [0, 0.05) is 30.2 Å². The number of rotatable bonds is 9. The van der Waals surface area contributed by atoms with Crippen LogP contribution in [-0.4, -0.2) is 15.5 Å². The van der Waals surface area contributed by atoms with E-state index < -0.39 is 0 Å². The molecule has 178 valence electrons. The van der Waals surface area contributed by atoms with Crippen molar-refractivity contribution in [2.75, 3.05) is 5.32 Å². The van der Waals surface area contributed by atoms with Gasteiger partial charge in [-0.1, -0.05) is 57.7 Å². The van der Waals surface area contributed by atoms with Crippen LogP contribution in [0.2, 0.25) is 0 Å². The third-order valence-corrected chi connectivity index (χ3v) is 6.96. The van der Waals surface area contributed by atoms with Crippen molar-refractivity contribution in [1.29, 1.82) is 0 Å². The number of allylic oxidation sites excluding steroid dienone is 1. The Morgan fingerprint density at radius 2 is 1.91 bits per heavy atom. The first-order chi connectivity index (χ1) is 16.5. The van der Waals surface area contributed by atoms with E-state index in [2.05, 4.69) is 67.2 Å². The van der Waals surface area contributed by atoms with Gasteiger partial charge in [0.1, 0.15) is 0 Å². The first kappa shape index (κ1) is 24.0. The molecule has 0 bridgehead atoms. The van der Waals surface area contributed by atoms with Crippen molar-refractivity contribution < 1.29 is 0 Å². The summed E-state index contributed by atoms with van der Waals surface area (Å²) in [6.07, 6.45) is 16.2. The lowest BCUT2D eigenvalue weighted by Gasteiger charge is -2.21. The molecule has 0 unspecified atom stereocenters. The monoisotopic (exact) mass is 454 g/mol. The van der Waals surface area contributed by atoms with Crippen molar-refractivity contribution >= 4 is 22.8 Å². The molecule has 34 heavy (non-hydrogen) atoms. The Labute approximate surface area is 204 Å². The van der Waals surface area contributed by atoms with Crippen LogP contribution in [0.15, 0.2) is 66.4 Å². The molecule has 4 nitrogen and oxygen atoms in total. The van der Waals surface area contributed by atoms with E-state index in [4.69, 9.17) is 4.99 Å². The first-order valence-electron chi connectivity index (χ1n) is 12.7. The van der Waals surface area contributed by atoms with Crippen LogP contribution < -0.4 is 5.32 Å². The Balaban J connectivity index is 1.53. The molecule has 0 saturated heterocycles. The highest BCUT2D eigenvalue weighted by Crippen LogP contribution is 2.30. The second-order valence-corrected chi connectivity index (χ2v) is 9.66. The standard InChI is InChI=1S/C30H38N4/c1-5-23-16-25(14-13-24-10-8-7-9-11-24)18-28(17-23)32-27-15-12-22(3)30(19-27)33-29(6-2)26-20-31-34(4)21-26/h6,12,15-21,24,32H,2,5,7-11,13-14H2,1,3-4H3. The molecular formula is C30H38N4. The van der Waals surface area contributed by atoms with Crippen molar-refractivity contribution in [3.8, 4) is 0 Å². The zero-order chi connectivity index (χ0) is 23.9. The summed E-state index contributed by atoms with van der Waals surface area (Å²) in [5.74, 6) is 0.909.